The fourth-order valence-electron chi connectivity index (χ4n) is 5.72. The van der Waals surface area contributed by atoms with Gasteiger partial charge in [0.05, 0.1) is 0 Å². The molecule has 2 aliphatic carbocycles. The highest BCUT2D eigenvalue weighted by atomic mass is 32.2. The topological polar surface area (TPSA) is 81.8 Å². The van der Waals surface area contributed by atoms with Gasteiger partial charge in [-0.2, -0.15) is 12.7 Å². The fraction of sp³-hybridized carbons (Fsp3) is 0.667. The Hall–Kier alpha value is -1.64. The van der Waals surface area contributed by atoms with Gasteiger partial charge in [0.1, 0.15) is 0 Å². The summed E-state index contributed by atoms with van der Waals surface area (Å²) < 4.78 is 29.4. The molecular weight excluding hydrogens is 388 g/mol. The summed E-state index contributed by atoms with van der Waals surface area (Å²) >= 11 is 0. The summed E-state index contributed by atoms with van der Waals surface area (Å²) in [4.78, 5) is 15.0. The average molecular weight is 419 g/mol. The van der Waals surface area contributed by atoms with Crippen LogP contribution in [0.15, 0.2) is 6.07 Å². The average Bonchev–Trinajstić information content (AvgIpc) is 3.33. The van der Waals surface area contributed by atoms with E-state index in [-0.39, 0.29) is 6.04 Å². The lowest BCUT2D eigenvalue weighted by molar-refractivity contribution is 0.0217. The Bertz CT molecular complexity index is 927. The molecule has 29 heavy (non-hydrogen) atoms. The third kappa shape index (κ3) is 3.25. The van der Waals surface area contributed by atoms with Gasteiger partial charge in [0, 0.05) is 43.3 Å². The summed E-state index contributed by atoms with van der Waals surface area (Å²) in [5, 5.41) is 2.92. The number of aryl methyl sites for hydroxylation is 2. The zero-order valence-electron chi connectivity index (χ0n) is 17.2. The van der Waals surface area contributed by atoms with Gasteiger partial charge in [-0.05, 0) is 74.6 Å². The van der Waals surface area contributed by atoms with Gasteiger partial charge in [-0.15, -0.1) is 0 Å². The lowest BCUT2D eigenvalue weighted by Crippen LogP contribution is -2.58. The van der Waals surface area contributed by atoms with Crippen LogP contribution in [0, 0.1) is 5.92 Å². The van der Waals surface area contributed by atoms with Crippen LogP contribution < -0.4 is 10.0 Å². The number of carbonyl (C=O) groups is 1. The summed E-state index contributed by atoms with van der Waals surface area (Å²) in [6.07, 6.45) is 6.17. The molecule has 158 valence electrons. The minimum Gasteiger partial charge on any atom is -0.307 e. The predicted octanol–water partition coefficient (Wildman–Crippen LogP) is 2.05. The first-order valence-electron chi connectivity index (χ1n) is 10.8. The van der Waals surface area contributed by atoms with Crippen LogP contribution >= 0.6 is 0 Å². The zero-order valence-corrected chi connectivity index (χ0v) is 18.0. The van der Waals surface area contributed by atoms with Crippen LogP contribution in [-0.4, -0.2) is 55.4 Å². The third-order valence-electron chi connectivity index (χ3n) is 7.18. The molecule has 0 aromatic heterocycles. The lowest BCUT2D eigenvalue weighted by Gasteiger charge is -2.46. The van der Waals surface area contributed by atoms with Crippen molar-refractivity contribution in [2.45, 2.75) is 64.5 Å². The Morgan fingerprint density at radius 1 is 1.03 bits per heavy atom. The van der Waals surface area contributed by atoms with Crippen molar-refractivity contribution in [2.24, 2.45) is 5.92 Å². The van der Waals surface area contributed by atoms with Crippen LogP contribution in [0.5, 0.6) is 0 Å². The molecule has 2 aliphatic heterocycles. The molecule has 0 saturated carbocycles. The number of nitrogens with zero attached hydrogens (tertiary/aromatic N) is 2. The second kappa shape index (κ2) is 6.96. The van der Waals surface area contributed by atoms with Crippen molar-refractivity contribution in [1.29, 1.82) is 0 Å². The summed E-state index contributed by atoms with van der Waals surface area (Å²) in [5.41, 5.74) is 5.89. The molecule has 1 aromatic rings. The van der Waals surface area contributed by atoms with E-state index in [0.29, 0.717) is 25.0 Å². The Morgan fingerprint density at radius 3 is 2.31 bits per heavy atom. The summed E-state index contributed by atoms with van der Waals surface area (Å²) in [7, 11) is -3.84. The van der Waals surface area contributed by atoms with Gasteiger partial charge in [0.2, 0.25) is 0 Å². The van der Waals surface area contributed by atoms with E-state index in [9.17, 15) is 13.2 Å². The number of benzene rings is 1. The first kappa shape index (κ1) is 19.3. The van der Waals surface area contributed by atoms with Gasteiger partial charge in [-0.1, -0.05) is 6.07 Å². The van der Waals surface area contributed by atoms with E-state index >= 15 is 0 Å². The largest absolute Gasteiger partial charge is 0.333 e. The molecule has 2 N–H and O–H groups in total. The lowest BCUT2D eigenvalue weighted by atomic mass is 9.90. The number of rotatable bonds is 4. The van der Waals surface area contributed by atoms with E-state index in [2.05, 4.69) is 34.9 Å². The third-order valence-corrected chi connectivity index (χ3v) is 8.60. The first-order chi connectivity index (χ1) is 13.8. The smallest absolute Gasteiger partial charge is 0.307 e. The maximum absolute atomic E-state index is 12.8. The molecule has 0 bridgehead atoms. The summed E-state index contributed by atoms with van der Waals surface area (Å²) in [6, 6.07) is 2.34. The molecule has 2 saturated heterocycles. The number of anilines is 1. The number of hydrogen-bond acceptors (Lipinski definition) is 4. The van der Waals surface area contributed by atoms with Gasteiger partial charge in [-0.3, -0.25) is 4.90 Å². The van der Waals surface area contributed by atoms with Gasteiger partial charge in [0.15, 0.2) is 0 Å². The second-order valence-corrected chi connectivity index (χ2v) is 10.9. The maximum atomic E-state index is 12.8. The molecule has 2 fully saturated rings. The van der Waals surface area contributed by atoms with Crippen molar-refractivity contribution in [3.63, 3.8) is 0 Å². The van der Waals surface area contributed by atoms with E-state index in [1.54, 1.807) is 0 Å². The van der Waals surface area contributed by atoms with E-state index < -0.39 is 16.2 Å². The standard InChI is InChI=1S/C21H30N4O3S/c1-13(2)25-11-16-10-24(12-19(16)25)29(27,28)23-21(26)22-20-17-7-3-5-14(17)9-15-6-4-8-18(15)20/h9,13,16,19H,3-8,10-12H2,1-2H3,(H2,22,23,26). The number of nitrogens with one attached hydrogen (secondary N) is 2. The molecule has 2 heterocycles. The van der Waals surface area contributed by atoms with Crippen LogP contribution in [0.3, 0.4) is 0 Å². The number of urea groups is 1. The van der Waals surface area contributed by atoms with E-state index in [1.807, 2.05) is 0 Å². The van der Waals surface area contributed by atoms with Gasteiger partial charge in [-0.25, -0.2) is 9.52 Å². The highest BCUT2D eigenvalue weighted by molar-refractivity contribution is 7.87. The minimum absolute atomic E-state index is 0.273. The monoisotopic (exact) mass is 418 g/mol. The number of fused-ring (bicyclic) bond motifs is 3. The second-order valence-electron chi connectivity index (χ2n) is 9.23. The van der Waals surface area contributed by atoms with E-state index in [0.717, 1.165) is 50.8 Å². The molecule has 2 unspecified atom stereocenters. The molecule has 0 spiro atoms. The Labute approximate surface area is 173 Å². The molecule has 8 heteroatoms. The molecule has 4 aliphatic rings. The molecule has 2 atom stereocenters. The number of likely N-dealkylation sites (tertiary alicyclic amines) is 1. The van der Waals surface area contributed by atoms with Crippen LogP contribution in [0.25, 0.3) is 0 Å². The Balaban J connectivity index is 1.30. The molecular formula is C21H30N4O3S. The molecule has 7 nitrogen and oxygen atoms in total. The van der Waals surface area contributed by atoms with Crippen molar-refractivity contribution in [1.82, 2.24) is 13.9 Å². The minimum atomic E-state index is -3.84. The van der Waals surface area contributed by atoms with Crippen LogP contribution in [0.2, 0.25) is 0 Å². The van der Waals surface area contributed by atoms with Gasteiger partial charge >= 0.3 is 16.2 Å². The fourth-order valence-corrected chi connectivity index (χ4v) is 6.87. The Kier molecular flexibility index (Phi) is 4.64. The highest BCUT2D eigenvalue weighted by Gasteiger charge is 2.49. The summed E-state index contributed by atoms with van der Waals surface area (Å²) in [5.74, 6) is 0.373. The SMILES string of the molecule is CC(C)N1CC2CN(S(=O)(=O)NC(=O)Nc3c4c(cc5c3CCC5)CCC4)CC21. The van der Waals surface area contributed by atoms with E-state index in [1.165, 1.54) is 26.6 Å². The van der Waals surface area contributed by atoms with Crippen molar-refractivity contribution in [2.75, 3.05) is 25.0 Å². The predicted molar refractivity (Wildman–Crippen MR) is 112 cm³/mol. The Morgan fingerprint density at radius 2 is 1.69 bits per heavy atom. The normalized spacial score (nSPS) is 26.2. The quantitative estimate of drug-likeness (QED) is 0.784. The van der Waals surface area contributed by atoms with E-state index in [4.69, 9.17) is 0 Å². The van der Waals surface area contributed by atoms with Gasteiger partial charge < -0.3 is 5.32 Å². The van der Waals surface area contributed by atoms with Crippen LogP contribution in [0.4, 0.5) is 10.5 Å². The molecule has 2 amide bonds. The van der Waals surface area contributed by atoms with Crippen molar-refractivity contribution in [3.8, 4) is 0 Å². The first-order valence-corrected chi connectivity index (χ1v) is 12.3. The number of amides is 2. The molecule has 5 rings (SSSR count). The highest BCUT2D eigenvalue weighted by Crippen LogP contribution is 2.39. The maximum Gasteiger partial charge on any atom is 0.333 e. The van der Waals surface area contributed by atoms with Crippen molar-refractivity contribution in [3.05, 3.63) is 28.3 Å². The van der Waals surface area contributed by atoms with Crippen LogP contribution in [0.1, 0.15) is 48.9 Å². The summed E-state index contributed by atoms with van der Waals surface area (Å²) in [6.45, 7) is 6.16. The zero-order chi connectivity index (χ0) is 20.3. The number of hydrogen-bond donors (Lipinski definition) is 2. The van der Waals surface area contributed by atoms with Crippen molar-refractivity contribution >= 4 is 21.9 Å². The molecule has 1 aromatic carbocycles. The van der Waals surface area contributed by atoms with Crippen molar-refractivity contribution < 1.29 is 13.2 Å². The van der Waals surface area contributed by atoms with Crippen LogP contribution in [-0.2, 0) is 35.9 Å². The molecule has 0 radical (unpaired) electrons. The van der Waals surface area contributed by atoms with Gasteiger partial charge in [0.25, 0.3) is 0 Å². The number of carbonyl (C=O) groups excluding carboxylic acids is 1.